The molecule has 0 N–H and O–H groups in total. The maximum atomic E-state index is 13.6. The molecule has 5 rings (SSSR count). The second kappa shape index (κ2) is 5.66. The fourth-order valence-electron chi connectivity index (χ4n) is 5.18. The molecule has 2 aromatic rings. The smallest absolute Gasteiger partial charge is 0.274 e. The molecular weight excluding hydrogens is 326 g/mol. The average molecular weight is 347 g/mol. The molecule has 2 saturated carbocycles. The highest BCUT2D eigenvalue weighted by Gasteiger charge is 2.69. The largest absolute Gasteiger partial charge is 0.378 e. The van der Waals surface area contributed by atoms with Crippen molar-refractivity contribution in [3.63, 3.8) is 0 Å². The Hall–Kier alpha value is -2.69. The van der Waals surface area contributed by atoms with Crippen LogP contribution in [0.3, 0.4) is 0 Å². The van der Waals surface area contributed by atoms with E-state index in [2.05, 4.69) is 10.1 Å². The van der Waals surface area contributed by atoms with Crippen molar-refractivity contribution in [3.8, 4) is 0 Å². The first-order valence-electron chi connectivity index (χ1n) is 9.21. The number of carbonyl (C=O) groups is 1. The third-order valence-electron chi connectivity index (χ3n) is 6.34. The molecule has 26 heavy (non-hydrogen) atoms. The molecule has 132 valence electrons. The van der Waals surface area contributed by atoms with Gasteiger partial charge >= 0.3 is 0 Å². The second-order valence-corrected chi connectivity index (χ2v) is 7.55. The number of oxime groups is 1. The van der Waals surface area contributed by atoms with Gasteiger partial charge in [-0.3, -0.25) is 9.78 Å². The summed E-state index contributed by atoms with van der Waals surface area (Å²) in [6, 6.07) is 13.7. The maximum absolute atomic E-state index is 13.6. The number of carbonyl (C=O) groups excluding carboxylic acids is 1. The minimum atomic E-state index is -0.862. The van der Waals surface area contributed by atoms with Crippen molar-refractivity contribution < 1.29 is 9.63 Å². The lowest BCUT2D eigenvalue weighted by atomic mass is 9.71. The van der Waals surface area contributed by atoms with Gasteiger partial charge in [0, 0.05) is 36.6 Å². The molecule has 1 aliphatic heterocycles. The van der Waals surface area contributed by atoms with E-state index in [1.807, 2.05) is 55.7 Å². The topological polar surface area (TPSA) is 54.8 Å². The molecule has 2 fully saturated rings. The first kappa shape index (κ1) is 15.6. The highest BCUT2D eigenvalue weighted by atomic mass is 16.7. The van der Waals surface area contributed by atoms with Crippen molar-refractivity contribution >= 4 is 17.3 Å². The summed E-state index contributed by atoms with van der Waals surface area (Å²) in [5, 5.41) is 4.43. The van der Waals surface area contributed by atoms with E-state index < -0.39 is 5.60 Å². The van der Waals surface area contributed by atoms with Crippen LogP contribution in [0, 0.1) is 17.8 Å². The van der Waals surface area contributed by atoms with Crippen LogP contribution in [0.2, 0.25) is 0 Å². The van der Waals surface area contributed by atoms with E-state index >= 15 is 0 Å². The summed E-state index contributed by atoms with van der Waals surface area (Å²) >= 11 is 0. The van der Waals surface area contributed by atoms with E-state index in [4.69, 9.17) is 4.84 Å². The van der Waals surface area contributed by atoms with Gasteiger partial charge in [0.1, 0.15) is 0 Å². The van der Waals surface area contributed by atoms with E-state index in [1.165, 1.54) is 0 Å². The Kier molecular flexibility index (Phi) is 3.39. The molecule has 2 aliphatic carbocycles. The molecule has 2 bridgehead atoms. The Morgan fingerprint density at radius 3 is 2.81 bits per heavy atom. The third-order valence-corrected chi connectivity index (χ3v) is 6.34. The molecule has 1 amide bonds. The number of benzene rings is 1. The van der Waals surface area contributed by atoms with Crippen molar-refractivity contribution in [2.24, 2.45) is 22.9 Å². The summed E-state index contributed by atoms with van der Waals surface area (Å²) in [6.07, 6.45) is 6.78. The predicted molar refractivity (Wildman–Crippen MR) is 98.8 cm³/mol. The third kappa shape index (κ3) is 2.00. The summed E-state index contributed by atoms with van der Waals surface area (Å²) in [6.45, 7) is 0. The van der Waals surface area contributed by atoms with Crippen LogP contribution < -0.4 is 4.90 Å². The Morgan fingerprint density at radius 1 is 1.19 bits per heavy atom. The van der Waals surface area contributed by atoms with Crippen LogP contribution in [0.25, 0.3) is 0 Å². The van der Waals surface area contributed by atoms with Crippen LogP contribution in [0.15, 0.2) is 60.0 Å². The van der Waals surface area contributed by atoms with Crippen LogP contribution in [-0.2, 0) is 9.63 Å². The minimum Gasteiger partial charge on any atom is -0.378 e. The normalized spacial score (nSPS) is 31.3. The quantitative estimate of drug-likeness (QED) is 0.856. The highest BCUT2D eigenvalue weighted by Crippen LogP contribution is 2.60. The minimum absolute atomic E-state index is 0.0172. The maximum Gasteiger partial charge on any atom is 0.274 e. The predicted octanol–water partition coefficient (Wildman–Crippen LogP) is 3.26. The van der Waals surface area contributed by atoms with Crippen molar-refractivity contribution in [1.29, 1.82) is 0 Å². The number of hydrogen-bond acceptors (Lipinski definition) is 4. The Morgan fingerprint density at radius 2 is 2.04 bits per heavy atom. The lowest BCUT2D eigenvalue weighted by Crippen LogP contribution is -2.56. The van der Waals surface area contributed by atoms with Crippen LogP contribution in [0.1, 0.15) is 24.8 Å². The van der Waals surface area contributed by atoms with Gasteiger partial charge < -0.3 is 9.74 Å². The monoisotopic (exact) mass is 347 g/mol. The fourth-order valence-corrected chi connectivity index (χ4v) is 5.18. The number of pyridine rings is 1. The zero-order valence-corrected chi connectivity index (χ0v) is 14.7. The Labute approximate surface area is 152 Å². The van der Waals surface area contributed by atoms with Gasteiger partial charge in [0.25, 0.3) is 5.91 Å². The highest BCUT2D eigenvalue weighted by molar-refractivity contribution is 6.11. The van der Waals surface area contributed by atoms with Crippen molar-refractivity contribution in [2.75, 3.05) is 11.9 Å². The van der Waals surface area contributed by atoms with Crippen LogP contribution >= 0.6 is 0 Å². The molecule has 0 radical (unpaired) electrons. The van der Waals surface area contributed by atoms with Crippen molar-refractivity contribution in [1.82, 2.24) is 4.98 Å². The van der Waals surface area contributed by atoms with Gasteiger partial charge in [-0.15, -0.1) is 0 Å². The molecule has 5 heteroatoms. The van der Waals surface area contributed by atoms with E-state index in [9.17, 15) is 4.79 Å². The second-order valence-electron chi connectivity index (χ2n) is 7.55. The van der Waals surface area contributed by atoms with Gasteiger partial charge in [-0.2, -0.15) is 0 Å². The number of para-hydroxylation sites is 1. The SMILES string of the molecule is CN(C(=O)C12ON=C(c3cccnc3)C1C1CCC2C1)c1ccccc1. The van der Waals surface area contributed by atoms with Crippen LogP contribution in [0.5, 0.6) is 0 Å². The number of nitrogens with zero attached hydrogens (tertiary/aromatic N) is 3. The summed E-state index contributed by atoms with van der Waals surface area (Å²) in [4.78, 5) is 25.6. The molecule has 4 atom stereocenters. The van der Waals surface area contributed by atoms with E-state index in [0.29, 0.717) is 5.92 Å². The van der Waals surface area contributed by atoms with Gasteiger partial charge in [0.05, 0.1) is 11.6 Å². The molecule has 0 spiro atoms. The van der Waals surface area contributed by atoms with Crippen LogP contribution in [0.4, 0.5) is 5.69 Å². The summed E-state index contributed by atoms with van der Waals surface area (Å²) in [7, 11) is 1.83. The molecule has 1 aromatic carbocycles. The molecule has 1 aromatic heterocycles. The molecule has 3 aliphatic rings. The van der Waals surface area contributed by atoms with Crippen molar-refractivity contribution in [3.05, 3.63) is 60.4 Å². The number of fused-ring (bicyclic) bond motifs is 5. The number of rotatable bonds is 3. The fraction of sp³-hybridized carbons (Fsp3) is 0.381. The first-order valence-corrected chi connectivity index (χ1v) is 9.21. The summed E-state index contributed by atoms with van der Waals surface area (Å²) < 4.78 is 0. The van der Waals surface area contributed by atoms with Crippen molar-refractivity contribution in [2.45, 2.75) is 24.9 Å². The van der Waals surface area contributed by atoms with Gasteiger partial charge in [-0.1, -0.05) is 23.4 Å². The zero-order chi connectivity index (χ0) is 17.7. The first-order chi connectivity index (χ1) is 12.7. The van der Waals surface area contributed by atoms with Gasteiger partial charge in [-0.05, 0) is 49.4 Å². The number of anilines is 1. The van der Waals surface area contributed by atoms with Crippen LogP contribution in [-0.4, -0.2) is 29.3 Å². The van der Waals surface area contributed by atoms with E-state index in [0.717, 1.165) is 36.2 Å². The van der Waals surface area contributed by atoms with Gasteiger partial charge in [-0.25, -0.2) is 0 Å². The van der Waals surface area contributed by atoms with Gasteiger partial charge in [0.2, 0.25) is 5.60 Å². The molecule has 5 nitrogen and oxygen atoms in total. The lowest BCUT2D eigenvalue weighted by molar-refractivity contribution is -0.151. The van der Waals surface area contributed by atoms with E-state index in [1.54, 1.807) is 11.1 Å². The number of hydrogen-bond donors (Lipinski definition) is 0. The Balaban J connectivity index is 1.54. The molecule has 0 saturated heterocycles. The van der Waals surface area contributed by atoms with Gasteiger partial charge in [0.15, 0.2) is 0 Å². The molecular formula is C21H21N3O2. The molecule has 2 heterocycles. The average Bonchev–Trinajstić information content (AvgIpc) is 3.40. The zero-order valence-electron chi connectivity index (χ0n) is 14.7. The standard InChI is InChI=1S/C21H21N3O2/c1-24(17-7-3-2-4-8-17)20(25)21-16-10-9-14(12-16)18(21)19(23-26-21)15-6-5-11-22-13-15/h2-8,11,13-14,16,18H,9-10,12H2,1H3. The Bertz CT molecular complexity index is 867. The number of aromatic nitrogens is 1. The number of likely N-dealkylation sites (N-methyl/N-ethyl adjacent to an activating group) is 1. The summed E-state index contributed by atoms with van der Waals surface area (Å²) in [5.41, 5.74) is 1.87. The number of amides is 1. The summed E-state index contributed by atoms with van der Waals surface area (Å²) in [5.74, 6) is 0.719. The lowest BCUT2D eigenvalue weighted by Gasteiger charge is -2.38. The molecule has 4 unspecified atom stereocenters. The van der Waals surface area contributed by atoms with E-state index in [-0.39, 0.29) is 17.7 Å².